The van der Waals surface area contributed by atoms with Crippen molar-refractivity contribution in [1.82, 2.24) is 39.7 Å². The smallest absolute Gasteiger partial charge is 0.356 e. The van der Waals surface area contributed by atoms with Crippen LogP contribution in [0.2, 0.25) is 0 Å². The molecule has 5 aromatic heterocycles. The summed E-state index contributed by atoms with van der Waals surface area (Å²) < 4.78 is 24.4. The van der Waals surface area contributed by atoms with Gasteiger partial charge in [0, 0.05) is 38.2 Å². The Morgan fingerprint density at radius 2 is 2.08 bits per heavy atom. The maximum absolute atomic E-state index is 15.3. The van der Waals surface area contributed by atoms with E-state index in [9.17, 15) is 9.90 Å². The third-order valence-corrected chi connectivity index (χ3v) is 6.87. The Morgan fingerprint density at radius 1 is 1.28 bits per heavy atom. The van der Waals surface area contributed by atoms with Crippen LogP contribution in [0.5, 0.6) is 0 Å². The second-order valence-corrected chi connectivity index (χ2v) is 8.97. The zero-order chi connectivity index (χ0) is 25.0. The summed E-state index contributed by atoms with van der Waals surface area (Å²) in [5, 5.41) is 25.2. The predicted octanol–water partition coefficient (Wildman–Crippen LogP) is 3.26. The minimum Gasteiger partial charge on any atom is -0.476 e. The Balaban J connectivity index is 1.71. The number of aromatic nitrogens is 8. The fourth-order valence-corrected chi connectivity index (χ4v) is 5.30. The molecule has 0 spiro atoms. The molecule has 1 aliphatic rings. The van der Waals surface area contributed by atoms with Crippen LogP contribution >= 0.6 is 0 Å². The number of carbonyl (C=O) groups is 1. The van der Waals surface area contributed by atoms with Crippen molar-refractivity contribution < 1.29 is 19.0 Å². The third-order valence-electron chi connectivity index (χ3n) is 6.87. The number of rotatable bonds is 5. The number of nitrogens with one attached hydrogen (secondary N) is 1. The van der Waals surface area contributed by atoms with E-state index in [1.54, 1.807) is 30.2 Å². The second kappa shape index (κ2) is 8.48. The van der Waals surface area contributed by atoms with Gasteiger partial charge in [0.15, 0.2) is 5.69 Å². The molecule has 6 heterocycles. The summed E-state index contributed by atoms with van der Waals surface area (Å²) in [4.78, 5) is 21.3. The van der Waals surface area contributed by atoms with Gasteiger partial charge in [-0.15, -0.1) is 5.10 Å². The Kier molecular flexibility index (Phi) is 5.25. The number of nitrogens with zero attached hydrogens (tertiary/aromatic N) is 7. The number of carboxylic acid groups (broad SMARTS) is 1. The first-order chi connectivity index (χ1) is 17.5. The molecule has 6 rings (SSSR count). The molecule has 1 saturated heterocycles. The molecule has 5 aromatic rings. The van der Waals surface area contributed by atoms with E-state index >= 15 is 4.39 Å². The lowest BCUT2D eigenvalue weighted by molar-refractivity contribution is 0.0541. The molecule has 0 aromatic carbocycles. The molecule has 36 heavy (non-hydrogen) atoms. The van der Waals surface area contributed by atoms with Gasteiger partial charge < -0.3 is 14.4 Å². The van der Waals surface area contributed by atoms with Crippen LogP contribution in [0.3, 0.4) is 0 Å². The predicted molar refractivity (Wildman–Crippen MR) is 127 cm³/mol. The number of halogens is 1. The van der Waals surface area contributed by atoms with E-state index in [-0.39, 0.29) is 17.3 Å². The number of aromatic amines is 1. The molecule has 184 valence electrons. The monoisotopic (exact) mass is 490 g/mol. The Labute approximate surface area is 203 Å². The van der Waals surface area contributed by atoms with E-state index in [4.69, 9.17) is 4.74 Å². The first-order valence-electron chi connectivity index (χ1n) is 11.6. The molecule has 2 N–H and O–H groups in total. The number of pyridine rings is 2. The Hall–Kier alpha value is -4.19. The molecule has 1 fully saturated rings. The molecule has 0 amide bonds. The molecular weight excluding hydrogens is 467 g/mol. The van der Waals surface area contributed by atoms with Crippen LogP contribution in [0.4, 0.5) is 4.39 Å². The van der Waals surface area contributed by atoms with Gasteiger partial charge in [-0.2, -0.15) is 5.10 Å². The molecule has 0 bridgehead atoms. The summed E-state index contributed by atoms with van der Waals surface area (Å²) in [6.45, 7) is 2.91. The average molecular weight is 490 g/mol. The largest absolute Gasteiger partial charge is 0.476 e. The van der Waals surface area contributed by atoms with E-state index in [0.717, 1.165) is 17.0 Å². The molecular formula is C24H23FN8O3. The van der Waals surface area contributed by atoms with Crippen LogP contribution in [0.15, 0.2) is 30.6 Å². The fraction of sp³-hybridized carbons (Fsp3) is 0.333. The molecule has 0 radical (unpaired) electrons. The lowest BCUT2D eigenvalue weighted by Gasteiger charge is -2.32. The molecule has 0 unspecified atom stereocenters. The van der Waals surface area contributed by atoms with Gasteiger partial charge >= 0.3 is 5.97 Å². The summed E-state index contributed by atoms with van der Waals surface area (Å²) in [5.74, 6) is -1.68. The van der Waals surface area contributed by atoms with Crippen molar-refractivity contribution >= 4 is 28.0 Å². The molecule has 0 saturated carbocycles. The number of fused-ring (bicyclic) bond motifs is 3. The maximum atomic E-state index is 15.3. The van der Waals surface area contributed by atoms with Gasteiger partial charge in [-0.3, -0.25) is 15.1 Å². The standard InChI is InChI=1S/C24H23FN8O3/c1-12-21(32(2)31-28-12)14-10-16-18(27-11-14)19-23(20(24(34)35)30-29-19)33(16)22(13-5-8-36-9-6-13)17-15(25)4-3-7-26-17/h3-4,7,10-11,13,22H,5-6,8-9H2,1-2H3,(H,29,30)(H,34,35)/t22-/m0/s1. The van der Waals surface area contributed by atoms with Crippen LogP contribution in [-0.4, -0.2) is 64.0 Å². The zero-order valence-corrected chi connectivity index (χ0v) is 19.6. The molecule has 1 atom stereocenters. The molecule has 11 nitrogen and oxygen atoms in total. The van der Waals surface area contributed by atoms with Gasteiger partial charge in [-0.1, -0.05) is 5.21 Å². The topological polar surface area (TPSA) is 137 Å². The number of H-pyrrole nitrogens is 1. The summed E-state index contributed by atoms with van der Waals surface area (Å²) in [6, 6.07) is 4.23. The van der Waals surface area contributed by atoms with Crippen molar-refractivity contribution in [3.8, 4) is 11.3 Å². The number of ether oxygens (including phenoxy) is 1. The van der Waals surface area contributed by atoms with Gasteiger partial charge in [0.1, 0.15) is 22.4 Å². The third kappa shape index (κ3) is 3.36. The van der Waals surface area contributed by atoms with Gasteiger partial charge in [-0.05, 0) is 43.9 Å². The van der Waals surface area contributed by atoms with Crippen molar-refractivity contribution in [3.05, 3.63) is 53.5 Å². The van der Waals surface area contributed by atoms with Crippen LogP contribution in [0.25, 0.3) is 33.3 Å². The highest BCUT2D eigenvalue weighted by atomic mass is 19.1. The zero-order valence-electron chi connectivity index (χ0n) is 19.6. The van der Waals surface area contributed by atoms with Gasteiger partial charge in [0.05, 0.1) is 28.6 Å². The second-order valence-electron chi connectivity index (χ2n) is 8.97. The van der Waals surface area contributed by atoms with Crippen molar-refractivity contribution in [3.63, 3.8) is 0 Å². The number of carboxylic acids is 1. The van der Waals surface area contributed by atoms with Gasteiger partial charge in [0.25, 0.3) is 0 Å². The first-order valence-corrected chi connectivity index (χ1v) is 11.6. The highest BCUT2D eigenvalue weighted by Crippen LogP contribution is 2.41. The van der Waals surface area contributed by atoms with Gasteiger partial charge in [0.2, 0.25) is 0 Å². The minimum absolute atomic E-state index is 0.0535. The van der Waals surface area contributed by atoms with E-state index in [2.05, 4.69) is 30.5 Å². The summed E-state index contributed by atoms with van der Waals surface area (Å²) >= 11 is 0. The molecule has 12 heteroatoms. The number of aromatic carboxylic acids is 1. The minimum atomic E-state index is -1.17. The summed E-state index contributed by atoms with van der Waals surface area (Å²) in [5.41, 5.74) is 4.31. The van der Waals surface area contributed by atoms with Crippen LogP contribution in [0.1, 0.15) is 40.8 Å². The van der Waals surface area contributed by atoms with Crippen molar-refractivity contribution in [1.29, 1.82) is 0 Å². The lowest BCUT2D eigenvalue weighted by atomic mass is 9.88. The van der Waals surface area contributed by atoms with Crippen molar-refractivity contribution in [2.75, 3.05) is 13.2 Å². The number of aryl methyl sites for hydroxylation is 2. The average Bonchev–Trinajstić information content (AvgIpc) is 3.54. The van der Waals surface area contributed by atoms with E-state index in [1.807, 2.05) is 17.6 Å². The van der Waals surface area contributed by atoms with Crippen LogP contribution < -0.4 is 0 Å². The van der Waals surface area contributed by atoms with Crippen LogP contribution in [0, 0.1) is 18.7 Å². The van der Waals surface area contributed by atoms with Crippen molar-refractivity contribution in [2.45, 2.75) is 25.8 Å². The maximum Gasteiger partial charge on any atom is 0.356 e. The molecule has 0 aliphatic carbocycles. The lowest BCUT2D eigenvalue weighted by Crippen LogP contribution is -2.28. The summed E-state index contributed by atoms with van der Waals surface area (Å²) in [7, 11) is 1.79. The highest BCUT2D eigenvalue weighted by molar-refractivity contribution is 6.11. The van der Waals surface area contributed by atoms with E-state index < -0.39 is 17.8 Å². The normalized spacial score (nSPS) is 15.6. The summed E-state index contributed by atoms with van der Waals surface area (Å²) in [6.07, 6.45) is 4.58. The Morgan fingerprint density at radius 3 is 2.78 bits per heavy atom. The first kappa shape index (κ1) is 22.3. The van der Waals surface area contributed by atoms with Gasteiger partial charge in [-0.25, -0.2) is 13.9 Å². The van der Waals surface area contributed by atoms with E-state index in [0.29, 0.717) is 48.1 Å². The number of hydrogen-bond acceptors (Lipinski definition) is 7. The molecule has 1 aliphatic heterocycles. The van der Waals surface area contributed by atoms with E-state index in [1.165, 1.54) is 6.07 Å². The number of hydrogen-bond donors (Lipinski definition) is 2. The SMILES string of the molecule is Cc1nnn(C)c1-c1cnc2c3n[nH]c(C(=O)O)c3n([C@H](c3ncccc3F)C3CCOCC3)c2c1. The fourth-order valence-electron chi connectivity index (χ4n) is 5.30. The van der Waals surface area contributed by atoms with Crippen LogP contribution in [-0.2, 0) is 11.8 Å². The van der Waals surface area contributed by atoms with Crippen molar-refractivity contribution in [2.24, 2.45) is 13.0 Å². The quantitative estimate of drug-likeness (QED) is 0.383. The highest BCUT2D eigenvalue weighted by Gasteiger charge is 2.35. The Bertz CT molecular complexity index is 1600.